The first-order chi connectivity index (χ1) is 14.0. The molecule has 2 heterocycles. The Bertz CT molecular complexity index is 1070. The van der Waals surface area contributed by atoms with Gasteiger partial charge in [-0.1, -0.05) is 23.7 Å². The summed E-state index contributed by atoms with van der Waals surface area (Å²) >= 11 is 5.97. The van der Waals surface area contributed by atoms with Crippen molar-refractivity contribution < 1.29 is 14.0 Å². The van der Waals surface area contributed by atoms with Gasteiger partial charge in [0.25, 0.3) is 5.91 Å². The molecule has 1 aliphatic heterocycles. The molecular formula is C22H17ClFN3O2. The smallest absolute Gasteiger partial charge is 0.260 e. The van der Waals surface area contributed by atoms with Crippen LogP contribution >= 0.6 is 11.6 Å². The van der Waals surface area contributed by atoms with Gasteiger partial charge in [-0.05, 0) is 54.1 Å². The lowest BCUT2D eigenvalue weighted by molar-refractivity contribution is -0.121. The second-order valence-corrected chi connectivity index (χ2v) is 7.15. The Kier molecular flexibility index (Phi) is 5.27. The van der Waals surface area contributed by atoms with E-state index in [0.29, 0.717) is 27.5 Å². The summed E-state index contributed by atoms with van der Waals surface area (Å²) in [6, 6.07) is 15.8. The molecule has 3 aromatic rings. The number of nitrogens with one attached hydrogen (secondary N) is 1. The summed E-state index contributed by atoms with van der Waals surface area (Å²) in [6.07, 6.45) is 1.64. The Labute approximate surface area is 172 Å². The third-order valence-electron chi connectivity index (χ3n) is 4.78. The van der Waals surface area contributed by atoms with E-state index >= 15 is 0 Å². The number of nitrogens with zero attached hydrogens (tertiary/aromatic N) is 2. The molecule has 0 bridgehead atoms. The van der Waals surface area contributed by atoms with Crippen molar-refractivity contribution in [1.82, 2.24) is 10.3 Å². The highest BCUT2D eigenvalue weighted by atomic mass is 35.5. The molecule has 0 aliphatic carbocycles. The minimum Gasteiger partial charge on any atom is -0.352 e. The fourth-order valence-corrected chi connectivity index (χ4v) is 3.57. The van der Waals surface area contributed by atoms with Crippen molar-refractivity contribution in [2.45, 2.75) is 19.0 Å². The van der Waals surface area contributed by atoms with E-state index in [1.165, 1.54) is 12.1 Å². The fraction of sp³-hybridized carbons (Fsp3) is 0.136. The van der Waals surface area contributed by atoms with E-state index in [0.717, 1.165) is 0 Å². The van der Waals surface area contributed by atoms with Crippen molar-refractivity contribution in [3.05, 3.63) is 94.5 Å². The fourth-order valence-electron chi connectivity index (χ4n) is 3.44. The van der Waals surface area contributed by atoms with Crippen LogP contribution in [-0.4, -0.2) is 16.8 Å². The summed E-state index contributed by atoms with van der Waals surface area (Å²) in [5, 5.41) is 3.34. The Morgan fingerprint density at radius 2 is 1.93 bits per heavy atom. The summed E-state index contributed by atoms with van der Waals surface area (Å²) < 4.78 is 13.3. The lowest BCUT2D eigenvalue weighted by atomic mass is 10.1. The van der Waals surface area contributed by atoms with Gasteiger partial charge >= 0.3 is 0 Å². The third-order valence-corrected chi connectivity index (χ3v) is 5.03. The Balaban J connectivity index is 1.56. The van der Waals surface area contributed by atoms with E-state index in [9.17, 15) is 14.0 Å². The number of halogens is 2. The maximum absolute atomic E-state index is 13.3. The number of hydrogen-bond acceptors (Lipinski definition) is 3. The average molecular weight is 410 g/mol. The number of carbonyl (C=O) groups excluding carboxylic acids is 2. The highest BCUT2D eigenvalue weighted by molar-refractivity contribution is 6.30. The molecule has 5 nitrogen and oxygen atoms in total. The van der Waals surface area contributed by atoms with Crippen molar-refractivity contribution in [3.63, 3.8) is 0 Å². The minimum atomic E-state index is -0.535. The summed E-state index contributed by atoms with van der Waals surface area (Å²) in [5.74, 6) is -0.826. The normalized spacial score (nSPS) is 15.3. The van der Waals surface area contributed by atoms with Crippen LogP contribution in [0.3, 0.4) is 0 Å². The van der Waals surface area contributed by atoms with Crippen LogP contribution in [0, 0.1) is 5.82 Å². The Morgan fingerprint density at radius 1 is 1.14 bits per heavy atom. The molecule has 2 amide bonds. The van der Waals surface area contributed by atoms with Crippen LogP contribution in [0.25, 0.3) is 0 Å². The van der Waals surface area contributed by atoms with Crippen molar-refractivity contribution in [2.75, 3.05) is 4.90 Å². The van der Waals surface area contributed by atoms with E-state index in [1.54, 1.807) is 59.6 Å². The lowest BCUT2D eigenvalue weighted by Gasteiger charge is -2.24. The zero-order chi connectivity index (χ0) is 20.4. The number of aromatic nitrogens is 1. The van der Waals surface area contributed by atoms with Gasteiger partial charge in [-0.25, -0.2) is 4.39 Å². The highest BCUT2D eigenvalue weighted by Crippen LogP contribution is 2.38. The predicted molar refractivity (Wildman–Crippen MR) is 108 cm³/mol. The summed E-state index contributed by atoms with van der Waals surface area (Å²) in [6.45, 7) is 0.202. The molecule has 0 fully saturated rings. The molecule has 7 heteroatoms. The van der Waals surface area contributed by atoms with E-state index in [4.69, 9.17) is 11.6 Å². The van der Waals surface area contributed by atoms with Crippen LogP contribution in [0.1, 0.15) is 34.1 Å². The van der Waals surface area contributed by atoms with Gasteiger partial charge in [-0.3, -0.25) is 19.5 Å². The van der Waals surface area contributed by atoms with Gasteiger partial charge in [0.1, 0.15) is 5.82 Å². The van der Waals surface area contributed by atoms with Crippen LogP contribution in [0.15, 0.2) is 66.9 Å². The number of anilines is 1. The molecule has 0 radical (unpaired) electrons. The van der Waals surface area contributed by atoms with Crippen molar-refractivity contribution >= 4 is 29.1 Å². The maximum atomic E-state index is 13.3. The average Bonchev–Trinajstić information content (AvgIpc) is 2.99. The number of benzene rings is 2. The Morgan fingerprint density at radius 3 is 2.69 bits per heavy atom. The van der Waals surface area contributed by atoms with Crippen molar-refractivity contribution in [1.29, 1.82) is 0 Å². The largest absolute Gasteiger partial charge is 0.352 e. The quantitative estimate of drug-likeness (QED) is 0.684. The number of hydrogen-bond donors (Lipinski definition) is 1. The second-order valence-electron chi connectivity index (χ2n) is 6.71. The molecule has 0 saturated heterocycles. The standard InChI is InChI=1S/C22H17ClFN3O2/c23-15-6-8-17(9-7-15)27-19(21-18(22(27)29)5-2-10-25-21)12-20(28)26-13-14-3-1-4-16(24)11-14/h1-11,19H,12-13H2,(H,26,28). The number of amides is 2. The first-order valence-corrected chi connectivity index (χ1v) is 9.46. The highest BCUT2D eigenvalue weighted by Gasteiger charge is 2.39. The van der Waals surface area contributed by atoms with Gasteiger partial charge in [0.2, 0.25) is 5.91 Å². The molecule has 4 rings (SSSR count). The lowest BCUT2D eigenvalue weighted by Crippen LogP contribution is -2.32. The summed E-state index contributed by atoms with van der Waals surface area (Å²) in [5.41, 5.74) is 2.34. The van der Waals surface area contributed by atoms with Crippen LogP contribution < -0.4 is 10.2 Å². The van der Waals surface area contributed by atoms with Gasteiger partial charge in [-0.2, -0.15) is 0 Å². The number of rotatable bonds is 5. The molecular weight excluding hydrogens is 393 g/mol. The second kappa shape index (κ2) is 8.01. The third kappa shape index (κ3) is 3.98. The maximum Gasteiger partial charge on any atom is 0.260 e. The van der Waals surface area contributed by atoms with Crippen LogP contribution in [-0.2, 0) is 11.3 Å². The zero-order valence-electron chi connectivity index (χ0n) is 15.3. The minimum absolute atomic E-state index is 0.0354. The monoisotopic (exact) mass is 409 g/mol. The summed E-state index contributed by atoms with van der Waals surface area (Å²) in [7, 11) is 0. The van der Waals surface area contributed by atoms with E-state index in [1.807, 2.05) is 0 Å². The molecule has 1 aromatic heterocycles. The molecule has 146 valence electrons. The molecule has 29 heavy (non-hydrogen) atoms. The molecule has 0 saturated carbocycles. The SMILES string of the molecule is O=C(CC1c2ncccc2C(=O)N1c1ccc(Cl)cc1)NCc1cccc(F)c1. The van der Waals surface area contributed by atoms with Crippen LogP contribution in [0.5, 0.6) is 0 Å². The molecule has 1 N–H and O–H groups in total. The van der Waals surface area contributed by atoms with Gasteiger partial charge < -0.3 is 5.32 Å². The first-order valence-electron chi connectivity index (χ1n) is 9.08. The molecule has 2 aromatic carbocycles. The van der Waals surface area contributed by atoms with Gasteiger partial charge in [0.05, 0.1) is 23.7 Å². The predicted octanol–water partition coefficient (Wildman–Crippen LogP) is 4.28. The van der Waals surface area contributed by atoms with Crippen LogP contribution in [0.2, 0.25) is 5.02 Å². The number of fused-ring (bicyclic) bond motifs is 1. The van der Waals surface area contributed by atoms with E-state index in [2.05, 4.69) is 10.3 Å². The molecule has 1 aliphatic rings. The first kappa shape index (κ1) is 19.1. The zero-order valence-corrected chi connectivity index (χ0v) is 16.1. The topological polar surface area (TPSA) is 62.3 Å². The van der Waals surface area contributed by atoms with Crippen molar-refractivity contribution in [3.8, 4) is 0 Å². The molecule has 1 unspecified atom stereocenters. The van der Waals surface area contributed by atoms with Gasteiger partial charge in [0, 0.05) is 23.5 Å². The van der Waals surface area contributed by atoms with Gasteiger partial charge in [0.15, 0.2) is 0 Å². The summed E-state index contributed by atoms with van der Waals surface area (Å²) in [4.78, 5) is 31.5. The number of pyridine rings is 1. The van der Waals surface area contributed by atoms with Gasteiger partial charge in [-0.15, -0.1) is 0 Å². The Hall–Kier alpha value is -3.25. The van der Waals surface area contributed by atoms with E-state index in [-0.39, 0.29) is 30.6 Å². The number of carbonyl (C=O) groups is 2. The van der Waals surface area contributed by atoms with Crippen LogP contribution in [0.4, 0.5) is 10.1 Å². The molecule has 0 spiro atoms. The van der Waals surface area contributed by atoms with E-state index < -0.39 is 6.04 Å². The molecule has 1 atom stereocenters. The van der Waals surface area contributed by atoms with Crippen molar-refractivity contribution in [2.24, 2.45) is 0 Å².